The van der Waals surface area contributed by atoms with E-state index in [4.69, 9.17) is 0 Å². The number of carbonyl (C=O) groups excluding carboxylic acids is 1. The number of anilines is 2. The number of rotatable bonds is 4. The van der Waals surface area contributed by atoms with Crippen LogP contribution < -0.4 is 4.90 Å². The van der Waals surface area contributed by atoms with Gasteiger partial charge in [0, 0.05) is 18.4 Å². The Morgan fingerprint density at radius 2 is 1.65 bits per heavy atom. The first-order valence-electron chi connectivity index (χ1n) is 12.8. The van der Waals surface area contributed by atoms with E-state index in [9.17, 15) is 10.1 Å². The molecule has 0 unspecified atom stereocenters. The van der Waals surface area contributed by atoms with Gasteiger partial charge in [-0.3, -0.25) is 19.6 Å². The zero-order chi connectivity index (χ0) is 25.4. The van der Waals surface area contributed by atoms with E-state index in [1.54, 1.807) is 0 Å². The number of aromatic nitrogens is 1. The number of nitrogens with zero attached hydrogens (tertiary/aromatic N) is 4. The maximum atomic E-state index is 14.2. The van der Waals surface area contributed by atoms with E-state index in [1.807, 2.05) is 65.7 Å². The fraction of sp³-hybridized carbons (Fsp3) is 0.219. The first kappa shape index (κ1) is 23.1. The van der Waals surface area contributed by atoms with E-state index >= 15 is 0 Å². The van der Waals surface area contributed by atoms with E-state index < -0.39 is 5.41 Å². The van der Waals surface area contributed by atoms with Crippen LogP contribution in [0.1, 0.15) is 35.2 Å². The number of nitriles is 1. The summed E-state index contributed by atoms with van der Waals surface area (Å²) in [5.74, 6) is 0.110. The Kier molecular flexibility index (Phi) is 5.82. The van der Waals surface area contributed by atoms with Crippen LogP contribution in [0.2, 0.25) is 0 Å². The predicted molar refractivity (Wildman–Crippen MR) is 145 cm³/mol. The van der Waals surface area contributed by atoms with Gasteiger partial charge in [-0.05, 0) is 85.4 Å². The summed E-state index contributed by atoms with van der Waals surface area (Å²) in [6.07, 6.45) is 3.34. The monoisotopic (exact) mass is 484 g/mol. The number of likely N-dealkylation sites (tertiary alicyclic amines) is 1. The van der Waals surface area contributed by atoms with Crippen LogP contribution in [0.3, 0.4) is 0 Å². The minimum absolute atomic E-state index is 0.110. The van der Waals surface area contributed by atoms with Gasteiger partial charge in [-0.15, -0.1) is 0 Å². The molecule has 0 bridgehead atoms. The third-order valence-electron chi connectivity index (χ3n) is 7.93. The first-order valence-corrected chi connectivity index (χ1v) is 12.8. The highest BCUT2D eigenvalue weighted by Gasteiger charge is 2.52. The van der Waals surface area contributed by atoms with E-state index in [0.29, 0.717) is 5.56 Å². The quantitative estimate of drug-likeness (QED) is 0.349. The number of piperidine rings is 1. The van der Waals surface area contributed by atoms with Crippen molar-refractivity contribution in [1.82, 2.24) is 9.88 Å². The predicted octanol–water partition coefficient (Wildman–Crippen LogP) is 6.14. The van der Waals surface area contributed by atoms with Crippen molar-refractivity contribution in [3.05, 3.63) is 114 Å². The standard InChI is InChI=1S/C32H28N4O/c1-23-6-5-17-34-29(23)22-35-18-15-32(16-19-35)28-14-9-24(21-33)20-30(28)36(31(32)37)27-12-10-26(11-13-27)25-7-3-2-4-8-25/h2-14,17,20H,15-16,18-19,22H2,1H3. The van der Waals surface area contributed by atoms with Gasteiger partial charge in [0.1, 0.15) is 0 Å². The molecular weight excluding hydrogens is 456 g/mol. The van der Waals surface area contributed by atoms with Crippen molar-refractivity contribution in [3.63, 3.8) is 0 Å². The maximum absolute atomic E-state index is 14.2. The summed E-state index contributed by atoms with van der Waals surface area (Å²) >= 11 is 0. The van der Waals surface area contributed by atoms with Crippen molar-refractivity contribution in [2.45, 2.75) is 31.7 Å². The van der Waals surface area contributed by atoms with E-state index in [2.05, 4.69) is 53.2 Å². The maximum Gasteiger partial charge on any atom is 0.242 e. The largest absolute Gasteiger partial charge is 0.297 e. The number of carbonyl (C=O) groups is 1. The summed E-state index contributed by atoms with van der Waals surface area (Å²) in [7, 11) is 0. The number of pyridine rings is 1. The van der Waals surface area contributed by atoms with Crippen LogP contribution in [0.4, 0.5) is 11.4 Å². The molecule has 1 saturated heterocycles. The van der Waals surface area contributed by atoms with Gasteiger partial charge in [0.15, 0.2) is 0 Å². The number of aryl methyl sites for hydroxylation is 1. The summed E-state index contributed by atoms with van der Waals surface area (Å²) in [5.41, 5.74) is 7.24. The lowest BCUT2D eigenvalue weighted by Crippen LogP contribution is -2.47. The minimum Gasteiger partial charge on any atom is -0.297 e. The number of hydrogen-bond donors (Lipinski definition) is 0. The zero-order valence-corrected chi connectivity index (χ0v) is 20.9. The average Bonchev–Trinajstić information content (AvgIpc) is 3.18. The fourth-order valence-corrected chi connectivity index (χ4v) is 5.79. The molecular formula is C32H28N4O. The van der Waals surface area contributed by atoms with Crippen molar-refractivity contribution in [1.29, 1.82) is 5.26 Å². The lowest BCUT2D eigenvalue weighted by molar-refractivity contribution is -0.124. The lowest BCUT2D eigenvalue weighted by Gasteiger charge is -2.38. The molecule has 0 radical (unpaired) electrons. The topological polar surface area (TPSA) is 60.2 Å². The Bertz CT molecular complexity index is 1500. The van der Waals surface area contributed by atoms with Gasteiger partial charge in [0.2, 0.25) is 5.91 Å². The molecule has 0 aliphatic carbocycles. The molecule has 1 aromatic heterocycles. The van der Waals surface area contributed by atoms with Crippen molar-refractivity contribution in [3.8, 4) is 17.2 Å². The van der Waals surface area contributed by atoms with Gasteiger partial charge in [-0.1, -0.05) is 54.6 Å². The smallest absolute Gasteiger partial charge is 0.242 e. The second kappa shape index (κ2) is 9.31. The highest BCUT2D eigenvalue weighted by Crippen LogP contribution is 2.51. The molecule has 182 valence electrons. The second-order valence-electron chi connectivity index (χ2n) is 10.0. The molecule has 0 saturated carbocycles. The first-order chi connectivity index (χ1) is 18.1. The van der Waals surface area contributed by atoms with Crippen molar-refractivity contribution in [2.24, 2.45) is 0 Å². The molecule has 37 heavy (non-hydrogen) atoms. The van der Waals surface area contributed by atoms with Crippen molar-refractivity contribution >= 4 is 17.3 Å². The summed E-state index contributed by atoms with van der Waals surface area (Å²) < 4.78 is 0. The molecule has 1 fully saturated rings. The van der Waals surface area contributed by atoms with Gasteiger partial charge in [-0.25, -0.2) is 0 Å². The van der Waals surface area contributed by atoms with Crippen LogP contribution in [0.5, 0.6) is 0 Å². The van der Waals surface area contributed by atoms with E-state index in [1.165, 1.54) is 5.56 Å². The highest BCUT2D eigenvalue weighted by atomic mass is 16.2. The van der Waals surface area contributed by atoms with Crippen LogP contribution in [0.25, 0.3) is 11.1 Å². The Hall–Kier alpha value is -4.27. The van der Waals surface area contributed by atoms with Gasteiger partial charge < -0.3 is 0 Å². The minimum atomic E-state index is -0.572. The molecule has 0 atom stereocenters. The molecule has 6 rings (SSSR count). The molecule has 2 aliphatic rings. The molecule has 2 aliphatic heterocycles. The summed E-state index contributed by atoms with van der Waals surface area (Å²) in [6, 6.07) is 30.4. The Morgan fingerprint density at radius 3 is 2.35 bits per heavy atom. The molecule has 3 aromatic carbocycles. The van der Waals surface area contributed by atoms with Crippen LogP contribution in [-0.2, 0) is 16.8 Å². The third kappa shape index (κ3) is 4.00. The van der Waals surface area contributed by atoms with E-state index in [-0.39, 0.29) is 5.91 Å². The van der Waals surface area contributed by atoms with Crippen LogP contribution >= 0.6 is 0 Å². The fourth-order valence-electron chi connectivity index (χ4n) is 5.79. The molecule has 4 aromatic rings. The number of amides is 1. The van der Waals surface area contributed by atoms with Gasteiger partial charge in [0.25, 0.3) is 0 Å². The molecule has 1 spiro atoms. The molecule has 0 N–H and O–H groups in total. The Labute approximate surface area is 217 Å². The molecule has 1 amide bonds. The molecule has 3 heterocycles. The van der Waals surface area contributed by atoms with Gasteiger partial charge in [0.05, 0.1) is 28.4 Å². The van der Waals surface area contributed by atoms with Crippen LogP contribution in [0, 0.1) is 18.3 Å². The van der Waals surface area contributed by atoms with Crippen LogP contribution in [0.15, 0.2) is 91.1 Å². The number of hydrogen-bond acceptors (Lipinski definition) is 4. The summed E-state index contributed by atoms with van der Waals surface area (Å²) in [6.45, 7) is 4.53. The normalized spacial score (nSPS) is 16.5. The Morgan fingerprint density at radius 1 is 0.919 bits per heavy atom. The average molecular weight is 485 g/mol. The molecule has 5 nitrogen and oxygen atoms in total. The lowest BCUT2D eigenvalue weighted by atomic mass is 9.73. The SMILES string of the molecule is Cc1cccnc1CN1CCC2(CC1)C(=O)N(c1ccc(-c3ccccc3)cc1)c1cc(C#N)ccc12. The third-order valence-corrected chi connectivity index (χ3v) is 7.93. The van der Waals surface area contributed by atoms with Gasteiger partial charge in [-0.2, -0.15) is 5.26 Å². The van der Waals surface area contributed by atoms with Crippen LogP contribution in [-0.4, -0.2) is 28.9 Å². The van der Waals surface area contributed by atoms with Crippen molar-refractivity contribution < 1.29 is 4.79 Å². The Balaban J connectivity index is 1.31. The summed E-state index contributed by atoms with van der Waals surface area (Å²) in [4.78, 5) is 23.0. The van der Waals surface area contributed by atoms with E-state index in [0.717, 1.165) is 66.2 Å². The zero-order valence-electron chi connectivity index (χ0n) is 20.9. The van der Waals surface area contributed by atoms with Crippen molar-refractivity contribution in [2.75, 3.05) is 18.0 Å². The summed E-state index contributed by atoms with van der Waals surface area (Å²) in [5, 5.41) is 9.59. The number of benzene rings is 3. The highest BCUT2D eigenvalue weighted by molar-refractivity contribution is 6.13. The molecule has 5 heteroatoms. The second-order valence-corrected chi connectivity index (χ2v) is 10.0. The number of fused-ring (bicyclic) bond motifs is 2. The van der Waals surface area contributed by atoms with Gasteiger partial charge >= 0.3 is 0 Å².